The van der Waals surface area contributed by atoms with Crippen molar-refractivity contribution in [3.8, 4) is 0 Å². The Morgan fingerprint density at radius 2 is 2.09 bits per heavy atom. The second kappa shape index (κ2) is 5.54. The van der Waals surface area contributed by atoms with Crippen LogP contribution in [0.15, 0.2) is 10.9 Å². The van der Waals surface area contributed by atoms with Gasteiger partial charge in [-0.15, -0.1) is 0 Å². The molecule has 9 nitrogen and oxygen atoms in total. The van der Waals surface area contributed by atoms with Crippen molar-refractivity contribution in [1.82, 2.24) is 24.4 Å². The SMILES string of the molecule is CCc1nn2c(=O)cc(Cn3nc(C)c([N+](=O)[O-])c3C)nc2s1. The second-order valence-electron chi connectivity index (χ2n) is 5.06. The Kier molecular flexibility index (Phi) is 3.68. The highest BCUT2D eigenvalue weighted by Gasteiger charge is 2.22. The van der Waals surface area contributed by atoms with Crippen LogP contribution >= 0.6 is 11.3 Å². The first-order chi connectivity index (χ1) is 10.9. The number of fused-ring (bicyclic) bond motifs is 1. The fourth-order valence-corrected chi connectivity index (χ4v) is 3.24. The Morgan fingerprint density at radius 3 is 2.70 bits per heavy atom. The maximum atomic E-state index is 12.1. The smallest absolute Gasteiger partial charge is 0.267 e. The van der Waals surface area contributed by atoms with E-state index in [0.29, 0.717) is 22.0 Å². The number of rotatable bonds is 4. The molecule has 3 aromatic heterocycles. The molecule has 0 bridgehead atoms. The summed E-state index contributed by atoms with van der Waals surface area (Å²) in [6.45, 7) is 5.37. The van der Waals surface area contributed by atoms with Crippen LogP contribution in [0.4, 0.5) is 5.69 Å². The summed E-state index contributed by atoms with van der Waals surface area (Å²) in [6.07, 6.45) is 0.729. The largest absolute Gasteiger partial charge is 0.312 e. The first-order valence-corrected chi connectivity index (χ1v) is 7.79. The Labute approximate surface area is 134 Å². The van der Waals surface area contributed by atoms with Gasteiger partial charge < -0.3 is 0 Å². The van der Waals surface area contributed by atoms with Crippen LogP contribution in [0.5, 0.6) is 0 Å². The van der Waals surface area contributed by atoms with Gasteiger partial charge in [0.05, 0.1) is 17.2 Å². The molecule has 0 fully saturated rings. The van der Waals surface area contributed by atoms with Crippen molar-refractivity contribution < 1.29 is 4.92 Å². The van der Waals surface area contributed by atoms with Gasteiger partial charge in [-0.3, -0.25) is 19.6 Å². The molecule has 0 saturated carbocycles. The van der Waals surface area contributed by atoms with E-state index >= 15 is 0 Å². The van der Waals surface area contributed by atoms with E-state index in [1.54, 1.807) is 13.8 Å². The van der Waals surface area contributed by atoms with Gasteiger partial charge in [0, 0.05) is 6.07 Å². The fraction of sp³-hybridized carbons (Fsp3) is 0.385. The molecule has 3 aromatic rings. The van der Waals surface area contributed by atoms with Crippen molar-refractivity contribution in [2.45, 2.75) is 33.7 Å². The lowest BCUT2D eigenvalue weighted by Crippen LogP contribution is -2.17. The van der Waals surface area contributed by atoms with Gasteiger partial charge >= 0.3 is 5.69 Å². The zero-order valence-corrected chi connectivity index (χ0v) is 13.6. The van der Waals surface area contributed by atoms with Crippen LogP contribution < -0.4 is 5.56 Å². The zero-order chi connectivity index (χ0) is 16.7. The van der Waals surface area contributed by atoms with Gasteiger partial charge in [0.15, 0.2) is 0 Å². The summed E-state index contributed by atoms with van der Waals surface area (Å²) in [5.74, 6) is 0. The molecule has 0 saturated heterocycles. The van der Waals surface area contributed by atoms with E-state index < -0.39 is 4.92 Å². The van der Waals surface area contributed by atoms with E-state index in [1.807, 2.05) is 6.92 Å². The molecule has 0 unspecified atom stereocenters. The summed E-state index contributed by atoms with van der Waals surface area (Å²) >= 11 is 1.36. The van der Waals surface area contributed by atoms with Crippen LogP contribution in [-0.2, 0) is 13.0 Å². The van der Waals surface area contributed by atoms with E-state index in [9.17, 15) is 14.9 Å². The molecule has 0 radical (unpaired) electrons. The number of hydrogen-bond acceptors (Lipinski definition) is 7. The number of aromatic nitrogens is 5. The lowest BCUT2D eigenvalue weighted by Gasteiger charge is -2.03. The average Bonchev–Trinajstić information content (AvgIpc) is 3.00. The van der Waals surface area contributed by atoms with Crippen molar-refractivity contribution in [2.24, 2.45) is 0 Å². The van der Waals surface area contributed by atoms with Crippen molar-refractivity contribution in [3.63, 3.8) is 0 Å². The normalized spacial score (nSPS) is 11.3. The average molecular weight is 334 g/mol. The molecule has 0 aliphatic rings. The molecule has 0 atom stereocenters. The first kappa shape index (κ1) is 15.3. The molecule has 0 N–H and O–H groups in total. The summed E-state index contributed by atoms with van der Waals surface area (Å²) in [4.78, 5) is 27.6. The van der Waals surface area contributed by atoms with Crippen LogP contribution in [0.25, 0.3) is 4.96 Å². The van der Waals surface area contributed by atoms with Gasteiger partial charge in [0.1, 0.15) is 16.4 Å². The molecule has 0 spiro atoms. The standard InChI is InChI=1S/C13H14N6O3S/c1-4-10-16-18-11(20)5-9(14-13(18)23-10)6-17-8(3)12(19(21)22)7(2)15-17/h5H,4,6H2,1-3H3. The molecule has 0 aliphatic heterocycles. The van der Waals surface area contributed by atoms with Crippen LogP contribution in [0.1, 0.15) is 29.0 Å². The molecule has 10 heteroatoms. The minimum atomic E-state index is -0.448. The molecule has 0 amide bonds. The summed E-state index contributed by atoms with van der Waals surface area (Å²) in [6, 6.07) is 1.38. The third-order valence-corrected chi connectivity index (χ3v) is 4.53. The van der Waals surface area contributed by atoms with Crippen molar-refractivity contribution >= 4 is 22.0 Å². The maximum absolute atomic E-state index is 12.1. The first-order valence-electron chi connectivity index (χ1n) is 6.97. The highest BCUT2D eigenvalue weighted by Crippen LogP contribution is 2.22. The molecular formula is C13H14N6O3S. The highest BCUT2D eigenvalue weighted by molar-refractivity contribution is 7.16. The van der Waals surface area contributed by atoms with Crippen molar-refractivity contribution in [1.29, 1.82) is 0 Å². The summed E-state index contributed by atoms with van der Waals surface area (Å²) < 4.78 is 2.77. The Balaban J connectivity index is 2.04. The van der Waals surface area contributed by atoms with Crippen molar-refractivity contribution in [3.05, 3.63) is 48.6 Å². The Bertz CT molecular complexity index is 970. The molecule has 120 valence electrons. The van der Waals surface area contributed by atoms with Gasteiger partial charge in [0.2, 0.25) is 4.96 Å². The summed E-state index contributed by atoms with van der Waals surface area (Å²) in [5, 5.41) is 20.2. The number of nitrogens with zero attached hydrogens (tertiary/aromatic N) is 6. The lowest BCUT2D eigenvalue weighted by molar-refractivity contribution is -0.386. The molecule has 0 aliphatic carbocycles. The van der Waals surface area contributed by atoms with Crippen LogP contribution in [0.2, 0.25) is 0 Å². The number of nitro groups is 1. The summed E-state index contributed by atoms with van der Waals surface area (Å²) in [7, 11) is 0. The number of hydrogen-bond donors (Lipinski definition) is 0. The lowest BCUT2D eigenvalue weighted by atomic mass is 10.3. The topological polar surface area (TPSA) is 108 Å². The van der Waals surface area contributed by atoms with E-state index in [1.165, 1.54) is 26.6 Å². The van der Waals surface area contributed by atoms with Crippen molar-refractivity contribution in [2.75, 3.05) is 0 Å². The van der Waals surface area contributed by atoms with E-state index in [2.05, 4.69) is 15.2 Å². The second-order valence-corrected chi connectivity index (χ2v) is 6.10. The maximum Gasteiger partial charge on any atom is 0.312 e. The van der Waals surface area contributed by atoms with E-state index in [0.717, 1.165) is 11.4 Å². The molecular weight excluding hydrogens is 320 g/mol. The molecule has 3 heterocycles. The number of aryl methyl sites for hydroxylation is 2. The van der Waals surface area contributed by atoms with Gasteiger partial charge in [0.25, 0.3) is 5.56 Å². The van der Waals surface area contributed by atoms with Gasteiger partial charge in [-0.2, -0.15) is 14.7 Å². The predicted octanol–water partition coefficient (Wildman–Crippen LogP) is 1.48. The van der Waals surface area contributed by atoms with E-state index in [4.69, 9.17) is 0 Å². The molecule has 3 rings (SSSR count). The van der Waals surface area contributed by atoms with Gasteiger partial charge in [-0.25, -0.2) is 4.98 Å². The third kappa shape index (κ3) is 2.61. The quantitative estimate of drug-likeness (QED) is 0.528. The van der Waals surface area contributed by atoms with Gasteiger partial charge in [-0.1, -0.05) is 18.3 Å². The van der Waals surface area contributed by atoms with Crippen LogP contribution in [-0.4, -0.2) is 29.3 Å². The zero-order valence-electron chi connectivity index (χ0n) is 12.8. The van der Waals surface area contributed by atoms with Crippen LogP contribution in [0, 0.1) is 24.0 Å². The summed E-state index contributed by atoms with van der Waals surface area (Å²) in [5.41, 5.74) is 1.01. The van der Waals surface area contributed by atoms with Gasteiger partial charge in [-0.05, 0) is 20.3 Å². The molecule has 0 aromatic carbocycles. The molecule has 23 heavy (non-hydrogen) atoms. The fourth-order valence-electron chi connectivity index (χ4n) is 2.38. The minimum Gasteiger partial charge on any atom is -0.267 e. The third-order valence-electron chi connectivity index (χ3n) is 3.48. The van der Waals surface area contributed by atoms with E-state index in [-0.39, 0.29) is 17.8 Å². The monoisotopic (exact) mass is 334 g/mol. The highest BCUT2D eigenvalue weighted by atomic mass is 32.1. The predicted molar refractivity (Wildman–Crippen MR) is 84.0 cm³/mol. The minimum absolute atomic E-state index is 0.00569. The van der Waals surface area contributed by atoms with Crippen LogP contribution in [0.3, 0.4) is 0 Å². The Morgan fingerprint density at radius 1 is 1.35 bits per heavy atom. The Hall–Kier alpha value is -2.62.